The van der Waals surface area contributed by atoms with E-state index in [1.807, 2.05) is 4.90 Å². The first kappa shape index (κ1) is 23.8. The number of carbonyl (C=O) groups excluding carboxylic acids is 2. The number of nitrogens with one attached hydrogen (secondary N) is 2. The normalized spacial score (nSPS) is 18.9. The Labute approximate surface area is 202 Å². The third kappa shape index (κ3) is 5.12. The molecule has 10 heteroatoms. The maximum Gasteiger partial charge on any atom is 0.414 e. The molecule has 0 spiro atoms. The number of anilines is 3. The number of rotatable bonds is 6. The molecule has 0 saturated carbocycles. The number of benzene rings is 2. The van der Waals surface area contributed by atoms with Crippen molar-refractivity contribution in [3.05, 3.63) is 53.8 Å². The number of ether oxygens (including phenoxy) is 1. The molecule has 2 aliphatic rings. The average molecular weight is 477 g/mol. The summed E-state index contributed by atoms with van der Waals surface area (Å²) in [5.41, 5.74) is 0.975. The number of para-hydroxylation sites is 1. The van der Waals surface area contributed by atoms with Gasteiger partial charge >= 0.3 is 6.09 Å². The van der Waals surface area contributed by atoms with Gasteiger partial charge in [0.15, 0.2) is 0 Å². The van der Waals surface area contributed by atoms with Crippen molar-refractivity contribution in [2.75, 3.05) is 41.3 Å². The zero-order valence-corrected chi connectivity index (χ0v) is 19.3. The molecule has 2 amide bonds. The molecule has 2 heterocycles. The van der Waals surface area contributed by atoms with E-state index in [0.717, 1.165) is 0 Å². The predicted molar refractivity (Wildman–Crippen MR) is 127 cm³/mol. The fourth-order valence-electron chi connectivity index (χ4n) is 4.36. The summed E-state index contributed by atoms with van der Waals surface area (Å²) >= 11 is 0. The van der Waals surface area contributed by atoms with E-state index >= 15 is 4.39 Å². The van der Waals surface area contributed by atoms with Crippen LogP contribution in [0.1, 0.15) is 25.3 Å². The Balaban J connectivity index is 1.42. The van der Waals surface area contributed by atoms with E-state index in [-0.39, 0.29) is 19.0 Å². The maximum absolute atomic E-state index is 15.1. The van der Waals surface area contributed by atoms with Crippen LogP contribution < -0.4 is 20.4 Å². The molecular weight excluding hydrogens is 451 g/mol. The summed E-state index contributed by atoms with van der Waals surface area (Å²) in [5, 5.41) is 25.1. The van der Waals surface area contributed by atoms with Gasteiger partial charge in [-0.05, 0) is 30.3 Å². The molecule has 2 N–H and O–H groups in total. The first-order chi connectivity index (χ1) is 16.8. The molecule has 2 fully saturated rings. The molecule has 2 aromatic carbocycles. The summed E-state index contributed by atoms with van der Waals surface area (Å²) in [6.45, 7) is 2.67. The summed E-state index contributed by atoms with van der Waals surface area (Å²) < 4.78 is 20.3. The monoisotopic (exact) mass is 476 g/mol. The minimum atomic E-state index is -0.859. The van der Waals surface area contributed by atoms with Crippen molar-refractivity contribution in [3.63, 3.8) is 0 Å². The molecule has 0 radical (unpaired) electrons. The summed E-state index contributed by atoms with van der Waals surface area (Å²) in [6, 6.07) is 16.1. The van der Waals surface area contributed by atoms with Crippen molar-refractivity contribution in [1.82, 2.24) is 5.32 Å². The van der Waals surface area contributed by atoms with Crippen LogP contribution in [0.4, 0.5) is 26.2 Å². The molecule has 2 aromatic rings. The number of hydrogen-bond donors (Lipinski definition) is 2. The molecule has 1 atom stereocenters. The van der Waals surface area contributed by atoms with Crippen molar-refractivity contribution in [2.24, 2.45) is 0 Å². The third-order valence-corrected chi connectivity index (χ3v) is 6.29. The van der Waals surface area contributed by atoms with Crippen molar-refractivity contribution in [3.8, 4) is 12.1 Å². The van der Waals surface area contributed by atoms with E-state index in [4.69, 9.17) is 4.74 Å². The van der Waals surface area contributed by atoms with Crippen LogP contribution in [0.5, 0.6) is 0 Å². The van der Waals surface area contributed by atoms with Gasteiger partial charge in [-0.15, -0.1) is 0 Å². The molecule has 2 saturated heterocycles. The minimum absolute atomic E-state index is 0.194. The van der Waals surface area contributed by atoms with Gasteiger partial charge in [0.1, 0.15) is 23.5 Å². The third-order valence-electron chi connectivity index (χ3n) is 6.29. The van der Waals surface area contributed by atoms with Crippen LogP contribution in [0.2, 0.25) is 0 Å². The number of carbonyl (C=O) groups is 2. The number of nitriles is 2. The highest BCUT2D eigenvalue weighted by Gasteiger charge is 2.37. The lowest BCUT2D eigenvalue weighted by atomic mass is 9.88. The number of nitrogens with zero attached hydrogens (tertiary/aromatic N) is 4. The number of amides is 2. The summed E-state index contributed by atoms with van der Waals surface area (Å²) in [5.74, 6) is -0.700. The summed E-state index contributed by atoms with van der Waals surface area (Å²) in [7, 11) is 0. The Kier molecular flexibility index (Phi) is 6.74. The second-order valence-corrected chi connectivity index (χ2v) is 8.65. The fraction of sp³-hybridized carbons (Fsp3) is 0.360. The van der Waals surface area contributed by atoms with Gasteiger partial charge in [-0.1, -0.05) is 12.1 Å². The largest absolute Gasteiger partial charge is 0.442 e. The Morgan fingerprint density at radius 3 is 2.63 bits per heavy atom. The second-order valence-electron chi connectivity index (χ2n) is 8.65. The molecule has 0 bridgehead atoms. The fourth-order valence-corrected chi connectivity index (χ4v) is 4.36. The highest BCUT2D eigenvalue weighted by Crippen LogP contribution is 2.33. The lowest BCUT2D eigenvalue weighted by molar-refractivity contribution is -0.119. The Morgan fingerprint density at radius 1 is 1.23 bits per heavy atom. The summed E-state index contributed by atoms with van der Waals surface area (Å²) in [4.78, 5) is 26.5. The zero-order chi connectivity index (χ0) is 25.0. The van der Waals surface area contributed by atoms with Crippen molar-refractivity contribution in [2.45, 2.75) is 31.4 Å². The zero-order valence-electron chi connectivity index (χ0n) is 19.3. The van der Waals surface area contributed by atoms with E-state index in [1.54, 1.807) is 36.4 Å². The first-order valence-corrected chi connectivity index (χ1v) is 11.3. The SMILES string of the molecule is CC(=O)NCC1CN(c2ccc(N3CCC(C#N)(Nc4ccccc4C#N)CC3)c(F)c2)C(=O)O1. The predicted octanol–water partition coefficient (Wildman–Crippen LogP) is 3.13. The lowest BCUT2D eigenvalue weighted by Gasteiger charge is -2.39. The van der Waals surface area contributed by atoms with E-state index in [2.05, 4.69) is 22.8 Å². The van der Waals surface area contributed by atoms with Crippen LogP contribution in [-0.4, -0.2) is 49.8 Å². The van der Waals surface area contributed by atoms with E-state index in [9.17, 15) is 20.1 Å². The van der Waals surface area contributed by atoms with Gasteiger partial charge in [-0.2, -0.15) is 10.5 Å². The molecular formula is C25H25FN6O3. The van der Waals surface area contributed by atoms with Gasteiger partial charge in [-0.3, -0.25) is 9.69 Å². The molecule has 0 aliphatic carbocycles. The molecule has 180 valence electrons. The number of piperidine rings is 1. The van der Waals surface area contributed by atoms with E-state index < -0.39 is 23.6 Å². The van der Waals surface area contributed by atoms with Crippen LogP contribution in [0.15, 0.2) is 42.5 Å². The van der Waals surface area contributed by atoms with Gasteiger partial charge in [0.2, 0.25) is 5.91 Å². The first-order valence-electron chi connectivity index (χ1n) is 11.3. The van der Waals surface area contributed by atoms with Crippen LogP contribution in [0.3, 0.4) is 0 Å². The number of hydrogen-bond acceptors (Lipinski definition) is 7. The van der Waals surface area contributed by atoms with Crippen LogP contribution >= 0.6 is 0 Å². The lowest BCUT2D eigenvalue weighted by Crippen LogP contribution is -2.48. The van der Waals surface area contributed by atoms with E-state index in [1.165, 1.54) is 17.9 Å². The molecule has 1 unspecified atom stereocenters. The van der Waals surface area contributed by atoms with Gasteiger partial charge in [0.25, 0.3) is 0 Å². The second kappa shape index (κ2) is 9.90. The molecule has 35 heavy (non-hydrogen) atoms. The highest BCUT2D eigenvalue weighted by molar-refractivity contribution is 5.90. The summed E-state index contributed by atoms with van der Waals surface area (Å²) in [6.07, 6.45) is -0.219. The van der Waals surface area contributed by atoms with Gasteiger partial charge < -0.3 is 20.3 Å². The average Bonchev–Trinajstić information content (AvgIpc) is 3.24. The smallest absolute Gasteiger partial charge is 0.414 e. The molecule has 0 aromatic heterocycles. The van der Waals surface area contributed by atoms with Crippen LogP contribution in [0, 0.1) is 28.5 Å². The molecule has 2 aliphatic heterocycles. The van der Waals surface area contributed by atoms with Crippen LogP contribution in [0.25, 0.3) is 0 Å². The number of halogens is 1. The Morgan fingerprint density at radius 2 is 1.97 bits per heavy atom. The van der Waals surface area contributed by atoms with Gasteiger partial charge in [0, 0.05) is 32.9 Å². The van der Waals surface area contributed by atoms with Crippen molar-refractivity contribution in [1.29, 1.82) is 10.5 Å². The van der Waals surface area contributed by atoms with Gasteiger partial charge in [0.05, 0.1) is 41.8 Å². The van der Waals surface area contributed by atoms with Crippen molar-refractivity contribution < 1.29 is 18.7 Å². The topological polar surface area (TPSA) is 121 Å². The number of cyclic esters (lactones) is 1. The van der Waals surface area contributed by atoms with E-state index in [0.29, 0.717) is 48.6 Å². The molecule has 4 rings (SSSR count). The van der Waals surface area contributed by atoms with Crippen molar-refractivity contribution >= 4 is 29.1 Å². The highest BCUT2D eigenvalue weighted by atomic mass is 19.1. The maximum atomic E-state index is 15.1. The van der Waals surface area contributed by atoms with Gasteiger partial charge in [-0.25, -0.2) is 9.18 Å². The Hall–Kier alpha value is -4.31. The quantitative estimate of drug-likeness (QED) is 0.657. The van der Waals surface area contributed by atoms with Crippen LogP contribution in [-0.2, 0) is 9.53 Å². The molecule has 9 nitrogen and oxygen atoms in total. The standard InChI is InChI=1S/C25H25FN6O3/c1-17(33)29-14-20-15-32(24(34)35-20)19-6-7-23(21(26)12-19)31-10-8-25(16-28,9-11-31)30-22-5-3-2-4-18(22)13-27/h2-7,12,20,30H,8-11,14-15H2,1H3,(H,29,33). The Bertz CT molecular complexity index is 1210. The minimum Gasteiger partial charge on any atom is -0.442 e.